The van der Waals surface area contributed by atoms with E-state index in [2.05, 4.69) is 5.10 Å². The number of piperidine rings is 1. The van der Waals surface area contributed by atoms with Crippen LogP contribution in [0.3, 0.4) is 0 Å². The molecule has 1 amide bonds. The summed E-state index contributed by atoms with van der Waals surface area (Å²) in [4.78, 5) is 25.3. The van der Waals surface area contributed by atoms with Crippen molar-refractivity contribution in [1.82, 2.24) is 14.7 Å². The average Bonchev–Trinajstić information content (AvgIpc) is 3.13. The highest BCUT2D eigenvalue weighted by Gasteiger charge is 2.25. The highest BCUT2D eigenvalue weighted by Crippen LogP contribution is 2.24. The topological polar surface area (TPSA) is 84.7 Å². The molecule has 132 valence electrons. The Morgan fingerprint density at radius 3 is 2.64 bits per heavy atom. The van der Waals surface area contributed by atoms with Crippen LogP contribution in [0.25, 0.3) is 0 Å². The third-order valence-electron chi connectivity index (χ3n) is 4.57. The maximum absolute atomic E-state index is 12.5. The normalized spacial score (nSPS) is 15.2. The Bertz CT molecular complexity index is 763. The molecule has 0 atom stereocenters. The van der Waals surface area contributed by atoms with Gasteiger partial charge in [0.2, 0.25) is 5.91 Å². The molecule has 1 N–H and O–H groups in total. The summed E-state index contributed by atoms with van der Waals surface area (Å²) in [6.45, 7) is 1.28. The minimum atomic E-state index is -0.976. The highest BCUT2D eigenvalue weighted by atomic mass is 16.5. The molecule has 0 unspecified atom stereocenters. The zero-order chi connectivity index (χ0) is 17.8. The van der Waals surface area contributed by atoms with Crippen LogP contribution in [0.15, 0.2) is 36.7 Å². The molecule has 2 aromatic rings. The molecule has 0 bridgehead atoms. The van der Waals surface area contributed by atoms with Gasteiger partial charge in [-0.25, -0.2) is 4.79 Å². The van der Waals surface area contributed by atoms with E-state index in [0.29, 0.717) is 19.5 Å². The molecular weight excluding hydrogens is 322 g/mol. The summed E-state index contributed by atoms with van der Waals surface area (Å²) in [5.74, 6) is -0.172. The number of likely N-dealkylation sites (tertiary alicyclic amines) is 1. The first-order chi connectivity index (χ1) is 12.1. The lowest BCUT2D eigenvalue weighted by Crippen LogP contribution is -2.40. The van der Waals surface area contributed by atoms with Crippen molar-refractivity contribution in [2.75, 3.05) is 20.2 Å². The summed E-state index contributed by atoms with van der Waals surface area (Å²) in [5, 5.41) is 13.1. The molecule has 0 radical (unpaired) electrons. The number of aromatic nitrogens is 2. The Morgan fingerprint density at radius 1 is 1.28 bits per heavy atom. The summed E-state index contributed by atoms with van der Waals surface area (Å²) < 4.78 is 7.00. The van der Waals surface area contributed by atoms with Gasteiger partial charge in [0.05, 0.1) is 31.3 Å². The van der Waals surface area contributed by atoms with Crippen molar-refractivity contribution in [2.45, 2.75) is 25.3 Å². The fraction of sp³-hybridized carbons (Fsp3) is 0.389. The third kappa shape index (κ3) is 3.81. The van der Waals surface area contributed by atoms with E-state index < -0.39 is 5.97 Å². The van der Waals surface area contributed by atoms with Crippen LogP contribution < -0.4 is 4.74 Å². The number of carboxylic acid groups (broad SMARTS) is 1. The number of hydrogen-bond acceptors (Lipinski definition) is 4. The molecule has 1 fully saturated rings. The Balaban J connectivity index is 1.58. The first kappa shape index (κ1) is 17.0. The van der Waals surface area contributed by atoms with Gasteiger partial charge in [-0.1, -0.05) is 18.2 Å². The monoisotopic (exact) mass is 343 g/mol. The number of ether oxygens (including phenoxy) is 1. The molecule has 1 aromatic heterocycles. The number of carbonyl (C=O) groups excluding carboxylic acids is 1. The van der Waals surface area contributed by atoms with Crippen molar-refractivity contribution < 1.29 is 19.4 Å². The van der Waals surface area contributed by atoms with Gasteiger partial charge in [0, 0.05) is 24.8 Å². The Morgan fingerprint density at radius 2 is 2.00 bits per heavy atom. The van der Waals surface area contributed by atoms with Crippen LogP contribution >= 0.6 is 0 Å². The molecule has 7 nitrogen and oxygen atoms in total. The standard InChI is InChI=1S/C18H21N3O4/c1-25-16-5-3-2-4-13(16)10-17(22)20-8-6-15(7-9-20)21-12-14(11-19-21)18(23)24/h2-5,11-12,15H,6-10H2,1H3,(H,23,24). The number of hydrogen-bond donors (Lipinski definition) is 1. The van der Waals surface area contributed by atoms with Crippen molar-refractivity contribution in [3.8, 4) is 5.75 Å². The number of amides is 1. The quantitative estimate of drug-likeness (QED) is 0.897. The van der Waals surface area contributed by atoms with Gasteiger partial charge in [0.25, 0.3) is 0 Å². The van der Waals surface area contributed by atoms with E-state index in [1.807, 2.05) is 29.2 Å². The van der Waals surface area contributed by atoms with E-state index >= 15 is 0 Å². The van der Waals surface area contributed by atoms with Crippen molar-refractivity contribution in [3.05, 3.63) is 47.8 Å². The second-order valence-electron chi connectivity index (χ2n) is 6.11. The number of aromatic carboxylic acids is 1. The van der Waals surface area contributed by atoms with E-state index in [4.69, 9.17) is 9.84 Å². The lowest BCUT2D eigenvalue weighted by Gasteiger charge is -2.32. The molecule has 7 heteroatoms. The van der Waals surface area contributed by atoms with E-state index in [1.165, 1.54) is 6.20 Å². The minimum absolute atomic E-state index is 0.0784. The zero-order valence-electron chi connectivity index (χ0n) is 14.1. The zero-order valence-corrected chi connectivity index (χ0v) is 14.1. The molecule has 1 aliphatic rings. The van der Waals surface area contributed by atoms with Gasteiger partial charge in [-0.3, -0.25) is 9.48 Å². The number of carboxylic acids is 1. The summed E-state index contributed by atoms with van der Waals surface area (Å²) >= 11 is 0. The molecular formula is C18H21N3O4. The Hall–Kier alpha value is -2.83. The lowest BCUT2D eigenvalue weighted by molar-refractivity contribution is -0.131. The minimum Gasteiger partial charge on any atom is -0.496 e. The van der Waals surface area contributed by atoms with E-state index in [9.17, 15) is 9.59 Å². The molecule has 0 spiro atoms. The van der Waals surface area contributed by atoms with Crippen molar-refractivity contribution in [2.24, 2.45) is 0 Å². The van der Waals surface area contributed by atoms with Crippen LogP contribution in [-0.4, -0.2) is 51.9 Å². The Kier molecular flexibility index (Phi) is 5.02. The molecule has 3 rings (SSSR count). The fourth-order valence-electron chi connectivity index (χ4n) is 3.15. The predicted molar refractivity (Wildman–Crippen MR) is 90.7 cm³/mol. The molecule has 1 aromatic carbocycles. The van der Waals surface area contributed by atoms with Gasteiger partial charge >= 0.3 is 5.97 Å². The number of rotatable bonds is 5. The maximum atomic E-state index is 12.5. The van der Waals surface area contributed by atoms with Gasteiger partial charge in [-0.05, 0) is 18.9 Å². The van der Waals surface area contributed by atoms with E-state index in [-0.39, 0.29) is 17.5 Å². The number of benzene rings is 1. The summed E-state index contributed by atoms with van der Waals surface area (Å²) in [6.07, 6.45) is 4.76. The van der Waals surface area contributed by atoms with Gasteiger partial charge < -0.3 is 14.7 Å². The van der Waals surface area contributed by atoms with Crippen LogP contribution in [0.5, 0.6) is 5.75 Å². The van der Waals surface area contributed by atoms with Gasteiger partial charge in [0.1, 0.15) is 5.75 Å². The predicted octanol–water partition coefficient (Wildman–Crippen LogP) is 2.00. The maximum Gasteiger partial charge on any atom is 0.338 e. The third-order valence-corrected chi connectivity index (χ3v) is 4.57. The number of methoxy groups -OCH3 is 1. The summed E-state index contributed by atoms with van der Waals surface area (Å²) in [7, 11) is 1.60. The van der Waals surface area contributed by atoms with Crippen molar-refractivity contribution in [1.29, 1.82) is 0 Å². The summed E-state index contributed by atoms with van der Waals surface area (Å²) in [5.41, 5.74) is 1.07. The number of nitrogens with zero attached hydrogens (tertiary/aromatic N) is 3. The molecule has 25 heavy (non-hydrogen) atoms. The van der Waals surface area contributed by atoms with Crippen LogP contribution in [-0.2, 0) is 11.2 Å². The first-order valence-corrected chi connectivity index (χ1v) is 8.25. The molecule has 2 heterocycles. The van der Waals surface area contributed by atoms with E-state index in [1.54, 1.807) is 18.0 Å². The molecule has 1 saturated heterocycles. The summed E-state index contributed by atoms with van der Waals surface area (Å²) in [6, 6.07) is 7.67. The molecule has 0 saturated carbocycles. The van der Waals surface area contributed by atoms with E-state index in [0.717, 1.165) is 24.2 Å². The van der Waals surface area contributed by atoms with Gasteiger partial charge in [0.15, 0.2) is 0 Å². The number of para-hydroxylation sites is 1. The Labute approximate surface area is 145 Å². The van der Waals surface area contributed by atoms with Crippen molar-refractivity contribution in [3.63, 3.8) is 0 Å². The molecule has 1 aliphatic heterocycles. The SMILES string of the molecule is COc1ccccc1CC(=O)N1CCC(n2cc(C(=O)O)cn2)CC1. The van der Waals surface area contributed by atoms with Gasteiger partial charge in [-0.2, -0.15) is 5.10 Å². The second-order valence-corrected chi connectivity index (χ2v) is 6.11. The van der Waals surface area contributed by atoms with Crippen LogP contribution in [0, 0.1) is 0 Å². The highest BCUT2D eigenvalue weighted by molar-refractivity contribution is 5.86. The number of carbonyl (C=O) groups is 2. The fourth-order valence-corrected chi connectivity index (χ4v) is 3.15. The lowest BCUT2D eigenvalue weighted by atomic mass is 10.0. The van der Waals surface area contributed by atoms with Crippen LogP contribution in [0.1, 0.15) is 34.8 Å². The first-order valence-electron chi connectivity index (χ1n) is 8.25. The van der Waals surface area contributed by atoms with Crippen LogP contribution in [0.2, 0.25) is 0 Å². The largest absolute Gasteiger partial charge is 0.496 e. The smallest absolute Gasteiger partial charge is 0.338 e. The van der Waals surface area contributed by atoms with Gasteiger partial charge in [-0.15, -0.1) is 0 Å². The average molecular weight is 343 g/mol. The second kappa shape index (κ2) is 7.38. The van der Waals surface area contributed by atoms with Crippen molar-refractivity contribution >= 4 is 11.9 Å². The van der Waals surface area contributed by atoms with Crippen LogP contribution in [0.4, 0.5) is 0 Å². The molecule has 0 aliphatic carbocycles.